The van der Waals surface area contributed by atoms with Gasteiger partial charge in [0.05, 0.1) is 18.4 Å². The van der Waals surface area contributed by atoms with Gasteiger partial charge in [-0.2, -0.15) is 0 Å². The number of methoxy groups -OCH3 is 1. The van der Waals surface area contributed by atoms with E-state index in [9.17, 15) is 9.59 Å². The number of hydrogen-bond donors (Lipinski definition) is 1. The summed E-state index contributed by atoms with van der Waals surface area (Å²) >= 11 is 0. The van der Waals surface area contributed by atoms with Crippen molar-refractivity contribution >= 4 is 17.5 Å². The van der Waals surface area contributed by atoms with Crippen LogP contribution in [0, 0.1) is 0 Å². The number of hydrogen-bond acceptors (Lipinski definition) is 4. The summed E-state index contributed by atoms with van der Waals surface area (Å²) in [6, 6.07) is 14.4. The molecular formula is C18H16N2O4. The van der Waals surface area contributed by atoms with Crippen LogP contribution >= 0.6 is 0 Å². The fraction of sp³-hybridized carbons (Fsp3) is 0.222. The van der Waals surface area contributed by atoms with Crippen LogP contribution in [-0.2, 0) is 9.53 Å². The smallest absolute Gasteiger partial charge is 0.281 e. The first-order chi connectivity index (χ1) is 11.6. The number of likely N-dealkylation sites (N-methyl/N-ethyl adjacent to an activating group) is 1. The standard InChI is InChI=1S/C18H16N2O4/c1-20-16(21)13-10-12(23-2)8-9-14(13)19-17(22)18(20)15(24-18)11-6-4-3-5-7-11/h3-10,15H,1-2H3,(H,19,22)/t15-,18+/m0/s1. The summed E-state index contributed by atoms with van der Waals surface area (Å²) in [7, 11) is 3.11. The Balaban J connectivity index is 1.76. The van der Waals surface area contributed by atoms with Crippen molar-refractivity contribution < 1.29 is 19.1 Å². The Kier molecular flexibility index (Phi) is 3.11. The first-order valence-electron chi connectivity index (χ1n) is 7.58. The molecule has 6 nitrogen and oxygen atoms in total. The summed E-state index contributed by atoms with van der Waals surface area (Å²) in [5.74, 6) is -0.0891. The fourth-order valence-electron chi connectivity index (χ4n) is 3.13. The highest BCUT2D eigenvalue weighted by atomic mass is 16.6. The lowest BCUT2D eigenvalue weighted by Crippen LogP contribution is -2.46. The van der Waals surface area contributed by atoms with Gasteiger partial charge in [-0.1, -0.05) is 30.3 Å². The van der Waals surface area contributed by atoms with Gasteiger partial charge in [0.2, 0.25) is 0 Å². The molecule has 2 aliphatic rings. The first kappa shape index (κ1) is 14.7. The van der Waals surface area contributed by atoms with E-state index >= 15 is 0 Å². The van der Waals surface area contributed by atoms with Crippen molar-refractivity contribution in [1.82, 2.24) is 4.90 Å². The minimum atomic E-state index is -1.31. The Bertz CT molecular complexity index is 836. The van der Waals surface area contributed by atoms with Gasteiger partial charge in [0, 0.05) is 7.05 Å². The molecule has 0 unspecified atom stereocenters. The SMILES string of the molecule is COc1ccc2c(c1)C(=O)N(C)[C@]1(O[C@H]1c1ccccc1)C(=O)N2. The summed E-state index contributed by atoms with van der Waals surface area (Å²) in [5, 5.41) is 2.81. The zero-order valence-corrected chi connectivity index (χ0v) is 13.3. The summed E-state index contributed by atoms with van der Waals surface area (Å²) in [6.45, 7) is 0. The number of amides is 2. The average Bonchev–Trinajstić information content (AvgIpc) is 3.38. The second kappa shape index (κ2) is 5.07. The Morgan fingerprint density at radius 1 is 1.17 bits per heavy atom. The second-order valence-electron chi connectivity index (χ2n) is 5.83. The van der Waals surface area contributed by atoms with Crippen LogP contribution in [0.2, 0.25) is 0 Å². The van der Waals surface area contributed by atoms with Crippen LogP contribution in [0.3, 0.4) is 0 Å². The summed E-state index contributed by atoms with van der Waals surface area (Å²) < 4.78 is 10.9. The number of nitrogens with one attached hydrogen (secondary N) is 1. The Morgan fingerprint density at radius 3 is 2.62 bits per heavy atom. The van der Waals surface area contributed by atoms with E-state index in [2.05, 4.69) is 5.32 Å². The van der Waals surface area contributed by atoms with E-state index in [1.165, 1.54) is 12.0 Å². The molecule has 2 heterocycles. The summed E-state index contributed by atoms with van der Waals surface area (Å²) in [6.07, 6.45) is -0.483. The highest BCUT2D eigenvalue weighted by Crippen LogP contribution is 2.53. The molecule has 1 spiro atoms. The van der Waals surface area contributed by atoms with E-state index in [-0.39, 0.29) is 11.8 Å². The maximum absolute atomic E-state index is 12.9. The molecule has 0 radical (unpaired) electrons. The molecule has 0 saturated carbocycles. The van der Waals surface area contributed by atoms with E-state index in [1.54, 1.807) is 25.2 Å². The molecule has 2 atom stereocenters. The second-order valence-corrected chi connectivity index (χ2v) is 5.83. The number of benzene rings is 2. The first-order valence-corrected chi connectivity index (χ1v) is 7.58. The zero-order chi connectivity index (χ0) is 16.9. The van der Waals surface area contributed by atoms with Crippen molar-refractivity contribution in [2.24, 2.45) is 0 Å². The molecule has 6 heteroatoms. The Hall–Kier alpha value is -2.86. The predicted octanol–water partition coefficient (Wildman–Crippen LogP) is 2.19. The minimum absolute atomic E-state index is 0.291. The van der Waals surface area contributed by atoms with Gasteiger partial charge in [-0.25, -0.2) is 0 Å². The fourth-order valence-corrected chi connectivity index (χ4v) is 3.13. The third-order valence-corrected chi connectivity index (χ3v) is 4.53. The molecule has 122 valence electrons. The lowest BCUT2D eigenvalue weighted by molar-refractivity contribution is -0.125. The molecule has 1 fully saturated rings. The molecule has 4 rings (SSSR count). The quantitative estimate of drug-likeness (QED) is 0.860. The highest BCUT2D eigenvalue weighted by Gasteiger charge is 2.68. The van der Waals surface area contributed by atoms with Crippen LogP contribution < -0.4 is 10.1 Å². The third-order valence-electron chi connectivity index (χ3n) is 4.53. The molecule has 2 amide bonds. The zero-order valence-electron chi connectivity index (χ0n) is 13.3. The van der Waals surface area contributed by atoms with Crippen LogP contribution in [0.5, 0.6) is 5.75 Å². The van der Waals surface area contributed by atoms with Crippen LogP contribution in [0.1, 0.15) is 22.0 Å². The van der Waals surface area contributed by atoms with E-state index < -0.39 is 11.8 Å². The summed E-state index contributed by atoms with van der Waals surface area (Å²) in [4.78, 5) is 27.0. The van der Waals surface area contributed by atoms with Crippen LogP contribution in [0.4, 0.5) is 5.69 Å². The number of epoxide rings is 1. The normalized spacial score (nSPS) is 25.1. The Labute approximate surface area is 139 Å². The van der Waals surface area contributed by atoms with E-state index in [1.807, 2.05) is 30.3 Å². The van der Waals surface area contributed by atoms with Gasteiger partial charge in [0.15, 0.2) is 0 Å². The monoisotopic (exact) mass is 324 g/mol. The van der Waals surface area contributed by atoms with Gasteiger partial charge in [-0.05, 0) is 23.8 Å². The highest BCUT2D eigenvalue weighted by molar-refractivity contribution is 6.12. The molecule has 0 bridgehead atoms. The van der Waals surface area contributed by atoms with Crippen molar-refractivity contribution in [2.75, 3.05) is 19.5 Å². The van der Waals surface area contributed by atoms with Gasteiger partial charge < -0.3 is 19.7 Å². The van der Waals surface area contributed by atoms with Crippen LogP contribution in [0.15, 0.2) is 48.5 Å². The molecule has 2 aliphatic heterocycles. The third kappa shape index (κ3) is 1.93. The molecule has 0 aliphatic carbocycles. The molecule has 1 saturated heterocycles. The van der Waals surface area contributed by atoms with E-state index in [0.29, 0.717) is 17.0 Å². The van der Waals surface area contributed by atoms with E-state index in [4.69, 9.17) is 9.47 Å². The number of anilines is 1. The Morgan fingerprint density at radius 2 is 1.92 bits per heavy atom. The van der Waals surface area contributed by atoms with Gasteiger partial charge in [-0.3, -0.25) is 9.59 Å². The molecule has 1 N–H and O–H groups in total. The maximum Gasteiger partial charge on any atom is 0.281 e. The summed E-state index contributed by atoms with van der Waals surface area (Å²) in [5.41, 5.74) is 0.377. The number of rotatable bonds is 2. The number of fused-ring (bicyclic) bond motifs is 1. The topological polar surface area (TPSA) is 71.2 Å². The van der Waals surface area contributed by atoms with Gasteiger partial charge >= 0.3 is 0 Å². The minimum Gasteiger partial charge on any atom is -0.497 e. The molecule has 2 aromatic carbocycles. The van der Waals surface area contributed by atoms with Gasteiger partial charge in [0.25, 0.3) is 17.5 Å². The van der Waals surface area contributed by atoms with Crippen molar-refractivity contribution in [2.45, 2.75) is 11.8 Å². The van der Waals surface area contributed by atoms with Crippen molar-refractivity contribution in [1.29, 1.82) is 0 Å². The van der Waals surface area contributed by atoms with Gasteiger partial charge in [-0.15, -0.1) is 0 Å². The molecular weight excluding hydrogens is 308 g/mol. The molecule has 2 aromatic rings. The van der Waals surface area contributed by atoms with Gasteiger partial charge in [0.1, 0.15) is 11.9 Å². The largest absolute Gasteiger partial charge is 0.497 e. The predicted molar refractivity (Wildman–Crippen MR) is 86.7 cm³/mol. The van der Waals surface area contributed by atoms with Crippen molar-refractivity contribution in [3.05, 3.63) is 59.7 Å². The lowest BCUT2D eigenvalue weighted by atomic mass is 10.0. The maximum atomic E-state index is 12.9. The van der Waals surface area contributed by atoms with Crippen molar-refractivity contribution in [3.63, 3.8) is 0 Å². The van der Waals surface area contributed by atoms with E-state index in [0.717, 1.165) is 5.56 Å². The average molecular weight is 324 g/mol. The number of carbonyl (C=O) groups excluding carboxylic acids is 2. The van der Waals surface area contributed by atoms with Crippen molar-refractivity contribution in [3.8, 4) is 5.75 Å². The number of carbonyl (C=O) groups is 2. The number of nitrogens with zero attached hydrogens (tertiary/aromatic N) is 1. The molecule has 0 aromatic heterocycles. The molecule has 24 heavy (non-hydrogen) atoms. The lowest BCUT2D eigenvalue weighted by Gasteiger charge is -2.21. The van der Waals surface area contributed by atoms with Crippen LogP contribution in [0.25, 0.3) is 0 Å². The van der Waals surface area contributed by atoms with Crippen LogP contribution in [-0.4, -0.2) is 36.6 Å². The number of ether oxygens (including phenoxy) is 2.